The Kier molecular flexibility index (Phi) is 8.54. The van der Waals surface area contributed by atoms with Gasteiger partial charge in [-0.25, -0.2) is 0 Å². The first-order chi connectivity index (χ1) is 12.9. The third kappa shape index (κ3) is 6.79. The minimum absolute atomic E-state index is 0.0749. The van der Waals surface area contributed by atoms with E-state index in [1.54, 1.807) is 25.3 Å². The zero-order valence-corrected chi connectivity index (χ0v) is 16.3. The van der Waals surface area contributed by atoms with Gasteiger partial charge in [-0.2, -0.15) is 0 Å². The molecule has 1 aliphatic carbocycles. The number of phenolic OH excluding ortho intramolecular Hbond substituents is 1. The molecule has 2 rings (SSSR count). The second-order valence-corrected chi connectivity index (χ2v) is 7.50. The molecule has 0 aliphatic heterocycles. The molecule has 0 aromatic heterocycles. The summed E-state index contributed by atoms with van der Waals surface area (Å²) in [6, 6.07) is 5.10. The van der Waals surface area contributed by atoms with Crippen LogP contribution >= 0.6 is 0 Å². The van der Waals surface area contributed by atoms with Crippen molar-refractivity contribution < 1.29 is 29.6 Å². The van der Waals surface area contributed by atoms with E-state index in [9.17, 15) is 20.1 Å². The zero-order valence-electron chi connectivity index (χ0n) is 16.3. The van der Waals surface area contributed by atoms with Crippen molar-refractivity contribution in [3.05, 3.63) is 23.8 Å². The molecule has 1 aromatic rings. The summed E-state index contributed by atoms with van der Waals surface area (Å²) in [6.45, 7) is 0. The van der Waals surface area contributed by atoms with Gasteiger partial charge in [0.15, 0.2) is 11.5 Å². The summed E-state index contributed by atoms with van der Waals surface area (Å²) < 4.78 is 10.4. The Balaban J connectivity index is 1.69. The van der Waals surface area contributed by atoms with Crippen LogP contribution in [0.4, 0.5) is 0 Å². The highest BCUT2D eigenvalue weighted by molar-refractivity contribution is 5.78. The molecule has 0 saturated heterocycles. The summed E-state index contributed by atoms with van der Waals surface area (Å²) >= 11 is 0. The van der Waals surface area contributed by atoms with Crippen molar-refractivity contribution in [1.82, 2.24) is 0 Å². The number of hydrogen-bond donors (Lipinski definition) is 3. The number of carbonyl (C=O) groups is 1. The Morgan fingerprint density at radius 2 is 2.07 bits per heavy atom. The van der Waals surface area contributed by atoms with Crippen molar-refractivity contribution in [3.8, 4) is 11.5 Å². The van der Waals surface area contributed by atoms with Gasteiger partial charge in [-0.1, -0.05) is 6.07 Å². The van der Waals surface area contributed by atoms with Crippen LogP contribution in [0, 0.1) is 5.92 Å². The van der Waals surface area contributed by atoms with Gasteiger partial charge in [0.1, 0.15) is 5.78 Å². The van der Waals surface area contributed by atoms with Crippen LogP contribution in [0.3, 0.4) is 0 Å². The lowest BCUT2D eigenvalue weighted by molar-refractivity contribution is -0.121. The molecule has 0 bridgehead atoms. The maximum atomic E-state index is 12.2. The fourth-order valence-electron chi connectivity index (χ4n) is 3.75. The van der Waals surface area contributed by atoms with Gasteiger partial charge in [0, 0.05) is 20.0 Å². The molecule has 1 aromatic carbocycles. The van der Waals surface area contributed by atoms with E-state index in [1.807, 2.05) is 0 Å². The molecule has 27 heavy (non-hydrogen) atoms. The van der Waals surface area contributed by atoms with Crippen LogP contribution in [0.15, 0.2) is 18.2 Å². The van der Waals surface area contributed by atoms with Crippen LogP contribution in [-0.2, 0) is 16.0 Å². The normalized spacial score (nSPS) is 23.8. The fourth-order valence-corrected chi connectivity index (χ4v) is 3.75. The monoisotopic (exact) mass is 380 g/mol. The minimum atomic E-state index is -0.669. The van der Waals surface area contributed by atoms with Crippen molar-refractivity contribution in [2.45, 2.75) is 69.7 Å². The molecule has 4 atom stereocenters. The molecule has 1 aliphatic rings. The second kappa shape index (κ2) is 10.6. The lowest BCUT2D eigenvalue weighted by Gasteiger charge is -2.32. The summed E-state index contributed by atoms with van der Waals surface area (Å²) in [5, 5.41) is 29.6. The summed E-state index contributed by atoms with van der Waals surface area (Å²) in [5.41, 5.74) is 0.947. The molecule has 0 amide bonds. The number of aliphatic hydroxyl groups is 2. The predicted molar refractivity (Wildman–Crippen MR) is 102 cm³/mol. The summed E-state index contributed by atoms with van der Waals surface area (Å²) in [4.78, 5) is 12.2. The summed E-state index contributed by atoms with van der Waals surface area (Å²) in [5.74, 6) is 0.961. The van der Waals surface area contributed by atoms with Crippen molar-refractivity contribution in [3.63, 3.8) is 0 Å². The van der Waals surface area contributed by atoms with E-state index in [0.717, 1.165) is 31.2 Å². The summed E-state index contributed by atoms with van der Waals surface area (Å²) in [6.07, 6.45) is 3.73. The fraction of sp³-hybridized carbons (Fsp3) is 0.667. The highest BCUT2D eigenvalue weighted by atomic mass is 16.5. The topological polar surface area (TPSA) is 96.2 Å². The smallest absolute Gasteiger partial charge is 0.160 e. The molecule has 3 N–H and O–H groups in total. The number of aryl methyl sites for hydroxylation is 1. The first kappa shape index (κ1) is 21.7. The number of benzene rings is 1. The van der Waals surface area contributed by atoms with Crippen LogP contribution in [0.2, 0.25) is 0 Å². The molecular weight excluding hydrogens is 348 g/mol. The standard InChI is InChI=1S/C21H32O6/c1-26-20-11-14(5-9-18(20)24)3-7-16(22)13-17(23)8-4-15-6-10-19(25)21(12-15)27-2/h5,9,11,15-16,19,21-22,24-25H,3-4,6-8,10,12-13H2,1-2H3/t15-,16-,19-,21+/m0/s1. The van der Waals surface area contributed by atoms with Gasteiger partial charge in [-0.3, -0.25) is 4.79 Å². The van der Waals surface area contributed by atoms with Crippen LogP contribution in [0.25, 0.3) is 0 Å². The predicted octanol–water partition coefficient (Wildman–Crippen LogP) is 2.61. The SMILES string of the molecule is COc1cc(CC[C@H](O)CC(=O)CC[C@H]2CC[C@H](O)[C@H](OC)C2)ccc1O. The number of methoxy groups -OCH3 is 2. The van der Waals surface area contributed by atoms with Crippen molar-refractivity contribution >= 4 is 5.78 Å². The lowest BCUT2D eigenvalue weighted by atomic mass is 9.82. The van der Waals surface area contributed by atoms with Crippen LogP contribution in [0.1, 0.15) is 50.5 Å². The molecule has 1 fully saturated rings. The molecule has 0 radical (unpaired) electrons. The van der Waals surface area contributed by atoms with E-state index in [4.69, 9.17) is 9.47 Å². The third-order valence-corrected chi connectivity index (χ3v) is 5.47. The van der Waals surface area contributed by atoms with Gasteiger partial charge in [-0.05, 0) is 62.1 Å². The van der Waals surface area contributed by atoms with Gasteiger partial charge in [0.25, 0.3) is 0 Å². The van der Waals surface area contributed by atoms with Gasteiger partial charge < -0.3 is 24.8 Å². The number of aromatic hydroxyl groups is 1. The Labute approximate surface area is 161 Å². The lowest BCUT2D eigenvalue weighted by Crippen LogP contribution is -2.35. The number of ether oxygens (including phenoxy) is 2. The molecule has 152 valence electrons. The highest BCUT2D eigenvalue weighted by Gasteiger charge is 2.29. The third-order valence-electron chi connectivity index (χ3n) is 5.47. The first-order valence-electron chi connectivity index (χ1n) is 9.69. The van der Waals surface area contributed by atoms with Crippen molar-refractivity contribution in [1.29, 1.82) is 0 Å². The maximum Gasteiger partial charge on any atom is 0.160 e. The first-order valence-corrected chi connectivity index (χ1v) is 9.69. The number of rotatable bonds is 10. The van der Waals surface area contributed by atoms with Gasteiger partial charge >= 0.3 is 0 Å². The Hall–Kier alpha value is -1.63. The summed E-state index contributed by atoms with van der Waals surface area (Å²) in [7, 11) is 3.11. The van der Waals surface area contributed by atoms with E-state index < -0.39 is 12.2 Å². The molecule has 0 unspecified atom stereocenters. The Morgan fingerprint density at radius 1 is 1.30 bits per heavy atom. The molecular formula is C21H32O6. The number of hydrogen-bond acceptors (Lipinski definition) is 6. The zero-order chi connectivity index (χ0) is 19.8. The number of carbonyl (C=O) groups excluding carboxylic acids is 1. The molecule has 1 saturated carbocycles. The number of ketones is 1. The Bertz CT molecular complexity index is 602. The molecule has 0 heterocycles. The maximum absolute atomic E-state index is 12.2. The van der Waals surface area contributed by atoms with Gasteiger partial charge in [0.2, 0.25) is 0 Å². The average Bonchev–Trinajstić information content (AvgIpc) is 2.66. The number of Topliss-reactive ketones (excluding diaryl/α,β-unsaturated/α-hetero) is 1. The minimum Gasteiger partial charge on any atom is -0.504 e. The van der Waals surface area contributed by atoms with Gasteiger partial charge in [0.05, 0.1) is 25.4 Å². The van der Waals surface area contributed by atoms with Crippen LogP contribution in [0.5, 0.6) is 11.5 Å². The van der Waals surface area contributed by atoms with E-state index in [0.29, 0.717) is 30.9 Å². The average molecular weight is 380 g/mol. The number of aliphatic hydroxyl groups excluding tert-OH is 2. The molecule has 6 heteroatoms. The van der Waals surface area contributed by atoms with Crippen LogP contribution in [-0.4, -0.2) is 53.6 Å². The van der Waals surface area contributed by atoms with Crippen molar-refractivity contribution in [2.75, 3.05) is 14.2 Å². The van der Waals surface area contributed by atoms with E-state index in [-0.39, 0.29) is 24.1 Å². The van der Waals surface area contributed by atoms with E-state index >= 15 is 0 Å². The number of phenols is 1. The second-order valence-electron chi connectivity index (χ2n) is 7.50. The molecule has 6 nitrogen and oxygen atoms in total. The quantitative estimate of drug-likeness (QED) is 0.577. The van der Waals surface area contributed by atoms with E-state index in [1.165, 1.54) is 7.11 Å². The largest absolute Gasteiger partial charge is 0.504 e. The van der Waals surface area contributed by atoms with E-state index in [2.05, 4.69) is 0 Å². The Morgan fingerprint density at radius 3 is 2.78 bits per heavy atom. The van der Waals surface area contributed by atoms with Gasteiger partial charge in [-0.15, -0.1) is 0 Å². The highest BCUT2D eigenvalue weighted by Crippen LogP contribution is 2.30. The molecule has 0 spiro atoms. The van der Waals surface area contributed by atoms with Crippen molar-refractivity contribution in [2.24, 2.45) is 5.92 Å². The van der Waals surface area contributed by atoms with Crippen LogP contribution < -0.4 is 4.74 Å².